The van der Waals surface area contributed by atoms with Gasteiger partial charge in [-0.15, -0.1) is 0 Å². The zero-order valence-electron chi connectivity index (χ0n) is 14.0. The first kappa shape index (κ1) is 17.1. The average molecular weight is 319 g/mol. The van der Waals surface area contributed by atoms with Crippen LogP contribution in [0.15, 0.2) is 24.3 Å². The first-order valence-electron chi connectivity index (χ1n) is 8.05. The van der Waals surface area contributed by atoms with Gasteiger partial charge in [-0.05, 0) is 51.0 Å². The Morgan fingerprint density at radius 3 is 2.43 bits per heavy atom. The highest BCUT2D eigenvalue weighted by Gasteiger charge is 2.23. The lowest BCUT2D eigenvalue weighted by Crippen LogP contribution is -2.42. The van der Waals surface area contributed by atoms with Crippen LogP contribution in [0.3, 0.4) is 0 Å². The average Bonchev–Trinajstić information content (AvgIpc) is 3.27. The lowest BCUT2D eigenvalue weighted by molar-refractivity contribution is -0.116. The third-order valence-electron chi connectivity index (χ3n) is 3.43. The Bertz CT molecular complexity index is 539. The highest BCUT2D eigenvalue weighted by Crippen LogP contribution is 2.20. The van der Waals surface area contributed by atoms with E-state index in [4.69, 9.17) is 4.74 Å². The summed E-state index contributed by atoms with van der Waals surface area (Å²) < 4.78 is 5.60. The molecule has 126 valence electrons. The van der Waals surface area contributed by atoms with Gasteiger partial charge in [-0.1, -0.05) is 0 Å². The minimum atomic E-state index is -0.170. The summed E-state index contributed by atoms with van der Waals surface area (Å²) >= 11 is 0. The number of amides is 3. The number of nitrogens with zero attached hydrogens (tertiary/aromatic N) is 1. The summed E-state index contributed by atoms with van der Waals surface area (Å²) in [5, 5.41) is 5.63. The number of carbonyl (C=O) groups excluding carboxylic acids is 2. The van der Waals surface area contributed by atoms with Crippen LogP contribution in [0.25, 0.3) is 0 Å². The Morgan fingerprint density at radius 2 is 1.91 bits per heavy atom. The first-order valence-corrected chi connectivity index (χ1v) is 8.05. The van der Waals surface area contributed by atoms with E-state index in [0.717, 1.165) is 24.3 Å². The minimum Gasteiger partial charge on any atom is -0.491 e. The van der Waals surface area contributed by atoms with E-state index >= 15 is 0 Å². The molecule has 0 heterocycles. The summed E-state index contributed by atoms with van der Waals surface area (Å²) in [5.74, 6) is 0.709. The van der Waals surface area contributed by atoms with Crippen LogP contribution in [0.5, 0.6) is 5.75 Å². The van der Waals surface area contributed by atoms with E-state index in [-0.39, 0.29) is 18.0 Å². The molecule has 0 unspecified atom stereocenters. The van der Waals surface area contributed by atoms with Crippen LogP contribution in [0.1, 0.15) is 33.6 Å². The molecule has 0 spiro atoms. The number of hydrogen-bond donors (Lipinski definition) is 2. The van der Waals surface area contributed by atoms with E-state index in [0.29, 0.717) is 19.1 Å². The van der Waals surface area contributed by atoms with Crippen molar-refractivity contribution >= 4 is 17.6 Å². The molecular weight excluding hydrogens is 294 g/mol. The van der Waals surface area contributed by atoms with Crippen molar-refractivity contribution in [3.05, 3.63) is 24.3 Å². The minimum absolute atomic E-state index is 0.0630. The molecule has 2 N–H and O–H groups in total. The fraction of sp³-hybridized carbons (Fsp3) is 0.529. The number of ether oxygens (including phenoxy) is 1. The van der Waals surface area contributed by atoms with E-state index in [1.54, 1.807) is 4.90 Å². The first-order chi connectivity index (χ1) is 11.0. The Labute approximate surface area is 137 Å². The zero-order valence-corrected chi connectivity index (χ0v) is 14.0. The molecular formula is C17H25N3O3. The van der Waals surface area contributed by atoms with Gasteiger partial charge in [0.15, 0.2) is 0 Å². The van der Waals surface area contributed by atoms with Crippen molar-refractivity contribution in [3.63, 3.8) is 0 Å². The molecule has 0 saturated heterocycles. The van der Waals surface area contributed by atoms with Crippen LogP contribution in [-0.4, -0.2) is 37.2 Å². The molecule has 1 aliphatic rings. The van der Waals surface area contributed by atoms with Gasteiger partial charge >= 0.3 is 6.03 Å². The SMILES string of the molecule is CC(=O)N(CCNC(=O)NC1CC1)c1ccc(OC(C)C)cc1. The van der Waals surface area contributed by atoms with Crippen LogP contribution in [0.4, 0.5) is 10.5 Å². The van der Waals surface area contributed by atoms with Crippen molar-refractivity contribution in [2.75, 3.05) is 18.0 Å². The molecule has 0 aromatic heterocycles. The van der Waals surface area contributed by atoms with E-state index < -0.39 is 0 Å². The van der Waals surface area contributed by atoms with E-state index in [1.807, 2.05) is 38.1 Å². The highest BCUT2D eigenvalue weighted by atomic mass is 16.5. The van der Waals surface area contributed by atoms with Crippen molar-refractivity contribution in [3.8, 4) is 5.75 Å². The third-order valence-corrected chi connectivity index (χ3v) is 3.43. The zero-order chi connectivity index (χ0) is 16.8. The Balaban J connectivity index is 1.86. The van der Waals surface area contributed by atoms with Gasteiger partial charge in [0.05, 0.1) is 6.10 Å². The van der Waals surface area contributed by atoms with Crippen molar-refractivity contribution in [2.45, 2.75) is 45.8 Å². The molecule has 0 bridgehead atoms. The summed E-state index contributed by atoms with van der Waals surface area (Å²) in [7, 11) is 0. The number of rotatable bonds is 7. The molecule has 1 aliphatic carbocycles. The van der Waals surface area contributed by atoms with Gasteiger partial charge in [0.1, 0.15) is 5.75 Å². The maximum atomic E-state index is 11.8. The molecule has 1 fully saturated rings. The summed E-state index contributed by atoms with van der Waals surface area (Å²) in [6.07, 6.45) is 2.22. The van der Waals surface area contributed by atoms with Crippen LogP contribution in [0, 0.1) is 0 Å². The summed E-state index contributed by atoms with van der Waals surface area (Å²) in [6, 6.07) is 7.55. The molecule has 1 saturated carbocycles. The fourth-order valence-electron chi connectivity index (χ4n) is 2.19. The predicted octanol–water partition coefficient (Wildman–Crippen LogP) is 2.29. The molecule has 3 amide bonds. The molecule has 23 heavy (non-hydrogen) atoms. The second kappa shape index (κ2) is 7.85. The smallest absolute Gasteiger partial charge is 0.315 e. The van der Waals surface area contributed by atoms with Gasteiger partial charge in [0.25, 0.3) is 0 Å². The van der Waals surface area contributed by atoms with Gasteiger partial charge in [-0.25, -0.2) is 4.79 Å². The normalized spacial score (nSPS) is 13.6. The van der Waals surface area contributed by atoms with Crippen LogP contribution in [-0.2, 0) is 4.79 Å². The van der Waals surface area contributed by atoms with Gasteiger partial charge in [0, 0.05) is 31.7 Å². The fourth-order valence-corrected chi connectivity index (χ4v) is 2.19. The standard InChI is InChI=1S/C17H25N3O3/c1-12(2)23-16-8-6-15(7-9-16)20(13(3)21)11-10-18-17(22)19-14-4-5-14/h6-9,12,14H,4-5,10-11H2,1-3H3,(H2,18,19,22). The molecule has 1 aromatic carbocycles. The van der Waals surface area contributed by atoms with E-state index in [1.165, 1.54) is 6.92 Å². The van der Waals surface area contributed by atoms with Crippen LogP contribution in [0.2, 0.25) is 0 Å². The largest absolute Gasteiger partial charge is 0.491 e. The molecule has 0 atom stereocenters. The topological polar surface area (TPSA) is 70.7 Å². The number of nitrogens with one attached hydrogen (secondary N) is 2. The second-order valence-electron chi connectivity index (χ2n) is 6.01. The summed E-state index contributed by atoms with van der Waals surface area (Å²) in [5.41, 5.74) is 0.790. The van der Waals surface area contributed by atoms with Gasteiger partial charge in [-0.3, -0.25) is 4.79 Å². The van der Waals surface area contributed by atoms with E-state index in [2.05, 4.69) is 10.6 Å². The number of hydrogen-bond acceptors (Lipinski definition) is 3. The lowest BCUT2D eigenvalue weighted by atomic mass is 10.2. The molecule has 0 aliphatic heterocycles. The van der Waals surface area contributed by atoms with E-state index in [9.17, 15) is 9.59 Å². The molecule has 6 nitrogen and oxygen atoms in total. The van der Waals surface area contributed by atoms with Crippen LogP contribution >= 0.6 is 0 Å². The maximum Gasteiger partial charge on any atom is 0.315 e. The summed E-state index contributed by atoms with van der Waals surface area (Å²) in [4.78, 5) is 25.1. The number of carbonyl (C=O) groups is 2. The summed E-state index contributed by atoms with van der Waals surface area (Å²) in [6.45, 7) is 6.28. The quantitative estimate of drug-likeness (QED) is 0.810. The Kier molecular flexibility index (Phi) is 5.84. The van der Waals surface area contributed by atoms with Crippen molar-refractivity contribution in [2.24, 2.45) is 0 Å². The van der Waals surface area contributed by atoms with Crippen molar-refractivity contribution < 1.29 is 14.3 Å². The monoisotopic (exact) mass is 319 g/mol. The van der Waals surface area contributed by atoms with Crippen molar-refractivity contribution in [1.82, 2.24) is 10.6 Å². The third kappa shape index (κ3) is 5.81. The Hall–Kier alpha value is -2.24. The maximum absolute atomic E-state index is 11.8. The predicted molar refractivity (Wildman–Crippen MR) is 89.8 cm³/mol. The van der Waals surface area contributed by atoms with Gasteiger partial charge < -0.3 is 20.3 Å². The number of benzene rings is 1. The van der Waals surface area contributed by atoms with Crippen molar-refractivity contribution in [1.29, 1.82) is 0 Å². The molecule has 6 heteroatoms. The second-order valence-corrected chi connectivity index (χ2v) is 6.01. The Morgan fingerprint density at radius 1 is 1.26 bits per heavy atom. The molecule has 1 aromatic rings. The molecule has 0 radical (unpaired) electrons. The van der Waals surface area contributed by atoms with Crippen LogP contribution < -0.4 is 20.3 Å². The number of urea groups is 1. The number of anilines is 1. The van der Waals surface area contributed by atoms with Gasteiger partial charge in [-0.2, -0.15) is 0 Å². The lowest BCUT2D eigenvalue weighted by Gasteiger charge is -2.22. The van der Waals surface area contributed by atoms with Gasteiger partial charge in [0.2, 0.25) is 5.91 Å². The highest BCUT2D eigenvalue weighted by molar-refractivity contribution is 5.91. The molecule has 2 rings (SSSR count).